The van der Waals surface area contributed by atoms with E-state index >= 15 is 0 Å². The maximum Gasteiger partial charge on any atom is 0.274 e. The third kappa shape index (κ3) is 2.89. The lowest BCUT2D eigenvalue weighted by Gasteiger charge is -2.07. The highest BCUT2D eigenvalue weighted by atomic mass is 79.9. The third-order valence-corrected chi connectivity index (χ3v) is 2.70. The zero-order valence-electron chi connectivity index (χ0n) is 9.45. The largest absolute Gasteiger partial charge is 0.319 e. The fourth-order valence-corrected chi connectivity index (χ4v) is 1.76. The molecule has 92 valence electrons. The van der Waals surface area contributed by atoms with Gasteiger partial charge in [0.05, 0.1) is 17.6 Å². The van der Waals surface area contributed by atoms with Crippen LogP contribution in [0, 0.1) is 12.7 Å². The van der Waals surface area contributed by atoms with Crippen molar-refractivity contribution in [1.82, 2.24) is 9.97 Å². The van der Waals surface area contributed by atoms with E-state index < -0.39 is 11.7 Å². The number of halogens is 2. The lowest BCUT2D eigenvalue weighted by atomic mass is 10.3. The SMILES string of the molecule is Cc1nc(Br)ccc1NC(=O)c1ccc(F)cn1. The number of aromatic nitrogens is 2. The van der Waals surface area contributed by atoms with Crippen molar-refractivity contribution >= 4 is 27.5 Å². The molecule has 0 aromatic carbocycles. The van der Waals surface area contributed by atoms with Crippen LogP contribution in [0.1, 0.15) is 16.2 Å². The Balaban J connectivity index is 2.18. The van der Waals surface area contributed by atoms with Crippen LogP contribution in [0.4, 0.5) is 10.1 Å². The summed E-state index contributed by atoms with van der Waals surface area (Å²) in [5, 5.41) is 2.67. The van der Waals surface area contributed by atoms with Gasteiger partial charge in [0, 0.05) is 0 Å². The number of rotatable bonds is 2. The van der Waals surface area contributed by atoms with E-state index in [9.17, 15) is 9.18 Å². The van der Waals surface area contributed by atoms with Gasteiger partial charge in [-0.15, -0.1) is 0 Å². The number of carbonyl (C=O) groups excluding carboxylic acids is 1. The first-order valence-corrected chi connectivity index (χ1v) is 5.91. The second-order valence-corrected chi connectivity index (χ2v) is 4.40. The first kappa shape index (κ1) is 12.6. The number of pyridine rings is 2. The molecule has 6 heteroatoms. The summed E-state index contributed by atoms with van der Waals surface area (Å²) in [5.41, 5.74) is 1.42. The number of hydrogen-bond donors (Lipinski definition) is 1. The molecule has 4 nitrogen and oxygen atoms in total. The molecule has 0 bridgehead atoms. The maximum absolute atomic E-state index is 12.7. The van der Waals surface area contributed by atoms with E-state index in [0.29, 0.717) is 16.0 Å². The first-order valence-electron chi connectivity index (χ1n) is 5.12. The van der Waals surface area contributed by atoms with Crippen LogP contribution in [0.5, 0.6) is 0 Å². The Labute approximate surface area is 111 Å². The Bertz CT molecular complexity index is 586. The van der Waals surface area contributed by atoms with Crippen LogP contribution in [0.3, 0.4) is 0 Å². The topological polar surface area (TPSA) is 54.9 Å². The van der Waals surface area contributed by atoms with Gasteiger partial charge < -0.3 is 5.32 Å². The molecule has 2 rings (SSSR count). The van der Waals surface area contributed by atoms with Gasteiger partial charge in [0.15, 0.2) is 0 Å². The van der Waals surface area contributed by atoms with E-state index in [1.54, 1.807) is 19.1 Å². The monoisotopic (exact) mass is 309 g/mol. The summed E-state index contributed by atoms with van der Waals surface area (Å²) < 4.78 is 13.4. The van der Waals surface area contributed by atoms with E-state index in [4.69, 9.17) is 0 Å². The molecule has 18 heavy (non-hydrogen) atoms. The smallest absolute Gasteiger partial charge is 0.274 e. The van der Waals surface area contributed by atoms with Gasteiger partial charge in [-0.2, -0.15) is 0 Å². The third-order valence-electron chi connectivity index (χ3n) is 2.26. The van der Waals surface area contributed by atoms with E-state index in [1.165, 1.54) is 12.1 Å². The van der Waals surface area contributed by atoms with Crippen LogP contribution in [-0.4, -0.2) is 15.9 Å². The van der Waals surface area contributed by atoms with Crippen molar-refractivity contribution in [3.05, 3.63) is 52.3 Å². The standard InChI is InChI=1S/C12H9BrFN3O/c1-7-9(4-5-11(13)16-7)17-12(18)10-3-2-8(14)6-15-10/h2-6H,1H3,(H,17,18). The molecule has 1 N–H and O–H groups in total. The van der Waals surface area contributed by atoms with Gasteiger partial charge in [0.2, 0.25) is 0 Å². The fraction of sp³-hybridized carbons (Fsp3) is 0.0833. The minimum Gasteiger partial charge on any atom is -0.319 e. The molecule has 0 atom stereocenters. The van der Waals surface area contributed by atoms with Crippen molar-refractivity contribution in [3.8, 4) is 0 Å². The molecule has 0 saturated carbocycles. The number of anilines is 1. The van der Waals surface area contributed by atoms with E-state index in [1.807, 2.05) is 0 Å². The Morgan fingerprint density at radius 3 is 2.72 bits per heavy atom. The highest BCUT2D eigenvalue weighted by Crippen LogP contribution is 2.16. The second kappa shape index (κ2) is 5.22. The summed E-state index contributed by atoms with van der Waals surface area (Å²) in [6, 6.07) is 5.97. The summed E-state index contributed by atoms with van der Waals surface area (Å²) in [4.78, 5) is 19.7. The molecule has 0 aliphatic heterocycles. The van der Waals surface area contributed by atoms with Crippen LogP contribution in [0.25, 0.3) is 0 Å². The quantitative estimate of drug-likeness (QED) is 0.868. The Morgan fingerprint density at radius 1 is 1.33 bits per heavy atom. The molecular weight excluding hydrogens is 301 g/mol. The average molecular weight is 310 g/mol. The molecule has 2 heterocycles. The zero-order chi connectivity index (χ0) is 13.1. The van der Waals surface area contributed by atoms with E-state index in [2.05, 4.69) is 31.2 Å². The summed E-state index contributed by atoms with van der Waals surface area (Å²) in [5.74, 6) is -0.879. The number of nitrogens with one attached hydrogen (secondary N) is 1. The van der Waals surface area contributed by atoms with Gasteiger partial charge in [-0.1, -0.05) is 0 Å². The lowest BCUT2D eigenvalue weighted by molar-refractivity contribution is 0.102. The predicted molar refractivity (Wildman–Crippen MR) is 68.8 cm³/mol. The van der Waals surface area contributed by atoms with Crippen molar-refractivity contribution in [1.29, 1.82) is 0 Å². The normalized spacial score (nSPS) is 10.2. The molecule has 0 saturated heterocycles. The van der Waals surface area contributed by atoms with Crippen molar-refractivity contribution in [2.75, 3.05) is 5.32 Å². The number of hydrogen-bond acceptors (Lipinski definition) is 3. The highest BCUT2D eigenvalue weighted by Gasteiger charge is 2.09. The van der Waals surface area contributed by atoms with Crippen LogP contribution in [-0.2, 0) is 0 Å². The molecule has 0 spiro atoms. The first-order chi connectivity index (χ1) is 8.56. The number of nitrogens with zero attached hydrogens (tertiary/aromatic N) is 2. The van der Waals surface area contributed by atoms with Gasteiger partial charge >= 0.3 is 0 Å². The van der Waals surface area contributed by atoms with Gasteiger partial charge in [0.25, 0.3) is 5.91 Å². The molecular formula is C12H9BrFN3O. The molecule has 0 radical (unpaired) electrons. The Morgan fingerprint density at radius 2 is 2.11 bits per heavy atom. The molecule has 0 aliphatic rings. The minimum atomic E-state index is -0.479. The summed E-state index contributed by atoms with van der Waals surface area (Å²) in [6.07, 6.45) is 1.00. The molecule has 0 fully saturated rings. The van der Waals surface area contributed by atoms with Crippen LogP contribution in [0.2, 0.25) is 0 Å². The minimum absolute atomic E-state index is 0.152. The van der Waals surface area contributed by atoms with Crippen LogP contribution < -0.4 is 5.32 Å². The number of carbonyl (C=O) groups is 1. The lowest BCUT2D eigenvalue weighted by Crippen LogP contribution is -2.14. The Hall–Kier alpha value is -1.82. The van der Waals surface area contributed by atoms with Crippen molar-refractivity contribution in [2.24, 2.45) is 0 Å². The van der Waals surface area contributed by atoms with Gasteiger partial charge in [0.1, 0.15) is 16.1 Å². The van der Waals surface area contributed by atoms with Crippen molar-refractivity contribution in [3.63, 3.8) is 0 Å². The second-order valence-electron chi connectivity index (χ2n) is 3.58. The predicted octanol–water partition coefficient (Wildman–Crippen LogP) is 2.94. The molecule has 1 amide bonds. The van der Waals surface area contributed by atoms with Crippen LogP contribution in [0.15, 0.2) is 35.1 Å². The molecule has 0 unspecified atom stereocenters. The molecule has 2 aromatic rings. The van der Waals surface area contributed by atoms with Crippen molar-refractivity contribution < 1.29 is 9.18 Å². The maximum atomic E-state index is 12.7. The highest BCUT2D eigenvalue weighted by molar-refractivity contribution is 9.10. The van der Waals surface area contributed by atoms with Gasteiger partial charge in [-0.05, 0) is 47.1 Å². The fourth-order valence-electron chi connectivity index (χ4n) is 1.36. The number of aryl methyl sites for hydroxylation is 1. The average Bonchev–Trinajstić information content (AvgIpc) is 2.33. The Kier molecular flexibility index (Phi) is 3.66. The van der Waals surface area contributed by atoms with E-state index in [-0.39, 0.29) is 5.69 Å². The summed E-state index contributed by atoms with van der Waals surface area (Å²) in [7, 11) is 0. The molecule has 0 aliphatic carbocycles. The van der Waals surface area contributed by atoms with Gasteiger partial charge in [-0.3, -0.25) is 4.79 Å². The van der Waals surface area contributed by atoms with E-state index in [0.717, 1.165) is 6.20 Å². The number of amides is 1. The van der Waals surface area contributed by atoms with Crippen molar-refractivity contribution in [2.45, 2.75) is 6.92 Å². The molecule has 2 aromatic heterocycles. The summed E-state index contributed by atoms with van der Waals surface area (Å²) in [6.45, 7) is 1.78. The van der Waals surface area contributed by atoms with Crippen LogP contribution >= 0.6 is 15.9 Å². The van der Waals surface area contributed by atoms with Gasteiger partial charge in [-0.25, -0.2) is 14.4 Å². The zero-order valence-corrected chi connectivity index (χ0v) is 11.0. The summed E-state index contributed by atoms with van der Waals surface area (Å²) >= 11 is 3.24.